The van der Waals surface area contributed by atoms with Gasteiger partial charge >= 0.3 is 0 Å². The molecule has 1 saturated carbocycles. The molecule has 1 aliphatic carbocycles. The minimum absolute atomic E-state index is 0.115. The van der Waals surface area contributed by atoms with Crippen LogP contribution in [-0.2, 0) is 16.8 Å². The lowest BCUT2D eigenvalue weighted by atomic mass is 9.75. The molecule has 0 N–H and O–H groups in total. The van der Waals surface area contributed by atoms with Crippen LogP contribution in [0, 0.1) is 12.8 Å². The summed E-state index contributed by atoms with van der Waals surface area (Å²) in [6.07, 6.45) is 10.7. The standard InChI is InChI=1S/C22H26N6O2/c1-16-23-10-12-27(16)14-19(29)28-11-4-8-22(15-28,13-17-6-7-17)21-25-20(30-26-21)18-5-2-3-9-24-18/h2-3,5,9-10,12,17H,4,6-8,11,13-15H2,1H3. The first-order valence-electron chi connectivity index (χ1n) is 10.6. The SMILES string of the molecule is Cc1nccn1CC(=O)N1CCCC(CC2CC2)(c2noc(-c3ccccn3)n2)C1. The third-order valence-corrected chi connectivity index (χ3v) is 6.32. The number of carbonyl (C=O) groups is 1. The molecule has 2 aliphatic rings. The number of carbonyl (C=O) groups excluding carboxylic acids is 1. The van der Waals surface area contributed by atoms with Crippen molar-refractivity contribution in [2.24, 2.45) is 5.92 Å². The van der Waals surface area contributed by atoms with E-state index in [2.05, 4.69) is 15.1 Å². The third kappa shape index (κ3) is 3.74. The van der Waals surface area contributed by atoms with Gasteiger partial charge in [0.15, 0.2) is 5.82 Å². The lowest BCUT2D eigenvalue weighted by molar-refractivity contribution is -0.134. The van der Waals surface area contributed by atoms with E-state index in [0.29, 0.717) is 36.4 Å². The average Bonchev–Trinajstić information content (AvgIpc) is 3.26. The highest BCUT2D eigenvalue weighted by Gasteiger charge is 2.45. The van der Waals surface area contributed by atoms with Crippen molar-refractivity contribution in [1.29, 1.82) is 0 Å². The molecule has 1 atom stereocenters. The summed E-state index contributed by atoms with van der Waals surface area (Å²) in [7, 11) is 0. The van der Waals surface area contributed by atoms with Crippen molar-refractivity contribution in [2.45, 2.75) is 51.0 Å². The van der Waals surface area contributed by atoms with E-state index in [0.717, 1.165) is 31.6 Å². The molecule has 1 aliphatic heterocycles. The summed E-state index contributed by atoms with van der Waals surface area (Å²) in [6, 6.07) is 5.64. The van der Waals surface area contributed by atoms with Crippen LogP contribution in [0.4, 0.5) is 0 Å². The van der Waals surface area contributed by atoms with Crippen LogP contribution in [0.25, 0.3) is 11.6 Å². The Bertz CT molecular complexity index is 1030. The van der Waals surface area contributed by atoms with Crippen LogP contribution >= 0.6 is 0 Å². The molecule has 3 aromatic heterocycles. The second kappa shape index (κ2) is 7.66. The van der Waals surface area contributed by atoms with Gasteiger partial charge in [0.25, 0.3) is 5.89 Å². The Hall–Kier alpha value is -3.03. The van der Waals surface area contributed by atoms with E-state index < -0.39 is 0 Å². The summed E-state index contributed by atoms with van der Waals surface area (Å²) in [5.41, 5.74) is 0.424. The molecule has 30 heavy (non-hydrogen) atoms. The monoisotopic (exact) mass is 406 g/mol. The number of aromatic nitrogens is 5. The highest BCUT2D eigenvalue weighted by molar-refractivity contribution is 5.76. The fourth-order valence-electron chi connectivity index (χ4n) is 4.51. The summed E-state index contributed by atoms with van der Waals surface area (Å²) in [5, 5.41) is 4.37. The fraction of sp³-hybridized carbons (Fsp3) is 0.500. The highest BCUT2D eigenvalue weighted by atomic mass is 16.5. The lowest BCUT2D eigenvalue weighted by Gasteiger charge is -2.41. The van der Waals surface area contributed by atoms with Crippen molar-refractivity contribution >= 4 is 5.91 Å². The molecule has 8 nitrogen and oxygen atoms in total. The Morgan fingerprint density at radius 3 is 2.90 bits per heavy atom. The summed E-state index contributed by atoms with van der Waals surface area (Å²) in [5.74, 6) is 2.81. The molecule has 0 radical (unpaired) electrons. The van der Waals surface area contributed by atoms with Gasteiger partial charge in [-0.2, -0.15) is 4.98 Å². The van der Waals surface area contributed by atoms with Crippen LogP contribution in [0.15, 0.2) is 41.3 Å². The largest absolute Gasteiger partial charge is 0.340 e. The minimum Gasteiger partial charge on any atom is -0.340 e. The molecule has 0 bridgehead atoms. The Morgan fingerprint density at radius 2 is 2.17 bits per heavy atom. The van der Waals surface area contributed by atoms with Crippen molar-refractivity contribution in [2.75, 3.05) is 13.1 Å². The van der Waals surface area contributed by atoms with Gasteiger partial charge in [0.05, 0.1) is 5.41 Å². The Morgan fingerprint density at radius 1 is 1.27 bits per heavy atom. The summed E-state index contributed by atoms with van der Waals surface area (Å²) < 4.78 is 7.48. The Kier molecular flexibility index (Phi) is 4.84. The van der Waals surface area contributed by atoms with E-state index in [1.165, 1.54) is 12.8 Å². The summed E-state index contributed by atoms with van der Waals surface area (Å²) in [4.78, 5) is 28.3. The number of hydrogen-bond donors (Lipinski definition) is 0. The molecule has 3 aromatic rings. The Labute approximate surface area is 175 Å². The predicted molar refractivity (Wildman–Crippen MR) is 109 cm³/mol. The molecular formula is C22H26N6O2. The van der Waals surface area contributed by atoms with Gasteiger partial charge in [-0.3, -0.25) is 9.78 Å². The zero-order chi connectivity index (χ0) is 20.6. The fourth-order valence-corrected chi connectivity index (χ4v) is 4.51. The minimum atomic E-state index is -0.254. The van der Waals surface area contributed by atoms with Crippen LogP contribution in [0.2, 0.25) is 0 Å². The van der Waals surface area contributed by atoms with Crippen molar-refractivity contribution in [1.82, 2.24) is 29.6 Å². The van der Waals surface area contributed by atoms with Gasteiger partial charge in [0.2, 0.25) is 5.91 Å². The van der Waals surface area contributed by atoms with Gasteiger partial charge in [-0.1, -0.05) is 24.1 Å². The van der Waals surface area contributed by atoms with Crippen LogP contribution in [0.3, 0.4) is 0 Å². The van der Waals surface area contributed by atoms with Crippen LogP contribution < -0.4 is 0 Å². The average molecular weight is 406 g/mol. The smallest absolute Gasteiger partial charge is 0.276 e. The van der Waals surface area contributed by atoms with Gasteiger partial charge < -0.3 is 14.0 Å². The zero-order valence-corrected chi connectivity index (χ0v) is 17.2. The number of hydrogen-bond acceptors (Lipinski definition) is 6. The van der Waals surface area contributed by atoms with E-state index in [1.807, 2.05) is 40.8 Å². The molecule has 0 spiro atoms. The maximum Gasteiger partial charge on any atom is 0.276 e. The number of imidazole rings is 1. The maximum absolute atomic E-state index is 13.1. The quantitative estimate of drug-likeness (QED) is 0.625. The molecule has 1 saturated heterocycles. The third-order valence-electron chi connectivity index (χ3n) is 6.32. The molecule has 156 valence electrons. The van der Waals surface area contributed by atoms with Crippen LogP contribution in [0.1, 0.15) is 43.8 Å². The zero-order valence-electron chi connectivity index (χ0n) is 17.2. The lowest BCUT2D eigenvalue weighted by Crippen LogP contribution is -2.50. The molecule has 1 amide bonds. The summed E-state index contributed by atoms with van der Waals surface area (Å²) in [6.45, 7) is 3.64. The van der Waals surface area contributed by atoms with E-state index >= 15 is 0 Å². The van der Waals surface area contributed by atoms with Crippen molar-refractivity contribution < 1.29 is 9.32 Å². The molecule has 2 fully saturated rings. The molecule has 0 aromatic carbocycles. The van der Waals surface area contributed by atoms with Gasteiger partial charge in [-0.15, -0.1) is 0 Å². The topological polar surface area (TPSA) is 89.9 Å². The van der Waals surface area contributed by atoms with Crippen LogP contribution in [0.5, 0.6) is 0 Å². The molecule has 1 unspecified atom stereocenters. The summed E-state index contributed by atoms with van der Waals surface area (Å²) >= 11 is 0. The first kappa shape index (κ1) is 19.0. The maximum atomic E-state index is 13.1. The van der Waals surface area contributed by atoms with Crippen molar-refractivity contribution in [3.05, 3.63) is 48.4 Å². The van der Waals surface area contributed by atoms with Gasteiger partial charge in [-0.05, 0) is 44.2 Å². The van der Waals surface area contributed by atoms with Crippen molar-refractivity contribution in [3.63, 3.8) is 0 Å². The Balaban J connectivity index is 1.40. The first-order chi connectivity index (χ1) is 14.6. The van der Waals surface area contributed by atoms with E-state index in [4.69, 9.17) is 9.51 Å². The number of rotatable bonds is 6. The highest BCUT2D eigenvalue weighted by Crippen LogP contribution is 2.45. The molecule has 8 heteroatoms. The van der Waals surface area contributed by atoms with Gasteiger partial charge in [0.1, 0.15) is 18.1 Å². The second-order valence-corrected chi connectivity index (χ2v) is 8.59. The number of amides is 1. The first-order valence-corrected chi connectivity index (χ1v) is 10.6. The molecular weight excluding hydrogens is 380 g/mol. The van der Waals surface area contributed by atoms with Gasteiger partial charge in [-0.25, -0.2) is 4.98 Å². The van der Waals surface area contributed by atoms with Gasteiger partial charge in [0, 0.05) is 31.7 Å². The van der Waals surface area contributed by atoms with E-state index in [-0.39, 0.29) is 11.3 Å². The number of likely N-dealkylation sites (tertiary alicyclic amines) is 1. The number of piperidine rings is 1. The second-order valence-electron chi connectivity index (χ2n) is 8.59. The molecule has 4 heterocycles. The number of nitrogens with zero attached hydrogens (tertiary/aromatic N) is 6. The number of aryl methyl sites for hydroxylation is 1. The molecule has 5 rings (SSSR count). The van der Waals surface area contributed by atoms with Crippen LogP contribution in [-0.4, -0.2) is 48.6 Å². The predicted octanol–water partition coefficient (Wildman–Crippen LogP) is 3.00. The van der Waals surface area contributed by atoms with E-state index in [1.54, 1.807) is 12.4 Å². The van der Waals surface area contributed by atoms with Crippen molar-refractivity contribution in [3.8, 4) is 11.6 Å². The van der Waals surface area contributed by atoms with E-state index in [9.17, 15) is 4.79 Å². The normalized spacial score (nSPS) is 21.7. The number of pyridine rings is 1.